The average molecular weight is 486 g/mol. The van der Waals surface area contributed by atoms with E-state index in [0.29, 0.717) is 19.7 Å². The maximum atomic E-state index is 13.6. The summed E-state index contributed by atoms with van der Waals surface area (Å²) in [6.45, 7) is 0. The van der Waals surface area contributed by atoms with Crippen molar-refractivity contribution < 1.29 is 9.18 Å². The van der Waals surface area contributed by atoms with E-state index < -0.39 is 11.7 Å². The Morgan fingerprint density at radius 3 is 2.30 bits per heavy atom. The van der Waals surface area contributed by atoms with Gasteiger partial charge in [0.2, 0.25) is 0 Å². The molecule has 0 saturated carbocycles. The number of rotatable bonds is 2. The van der Waals surface area contributed by atoms with E-state index in [1.54, 1.807) is 12.1 Å². The molecule has 2 nitrogen and oxygen atoms in total. The van der Waals surface area contributed by atoms with Crippen molar-refractivity contribution in [3.05, 3.63) is 60.2 Å². The normalized spacial score (nSPS) is 10.4. The highest BCUT2D eigenvalue weighted by atomic mass is 79.9. The smallest absolute Gasteiger partial charge is 0.258 e. The van der Waals surface area contributed by atoms with E-state index in [2.05, 4.69) is 53.1 Å². The Hall–Kier alpha value is -0.430. The van der Waals surface area contributed by atoms with Crippen molar-refractivity contribution in [2.45, 2.75) is 0 Å². The zero-order valence-corrected chi connectivity index (χ0v) is 15.2. The number of benzene rings is 2. The number of hydrogen-bond donors (Lipinski definition) is 1. The SMILES string of the molecule is O=C(Nc1c(Br)cc(Br)cc1Br)c1cc(Cl)ccc1F. The number of amides is 1. The number of nitrogens with one attached hydrogen (secondary N) is 1. The van der Waals surface area contributed by atoms with Crippen LogP contribution in [0.5, 0.6) is 0 Å². The average Bonchev–Trinajstić information content (AvgIpc) is 2.36. The van der Waals surface area contributed by atoms with Gasteiger partial charge < -0.3 is 5.32 Å². The summed E-state index contributed by atoms with van der Waals surface area (Å²) in [6.07, 6.45) is 0. The molecule has 0 aliphatic heterocycles. The summed E-state index contributed by atoms with van der Waals surface area (Å²) in [6, 6.07) is 7.37. The Kier molecular flexibility index (Phi) is 5.23. The number of carbonyl (C=O) groups excluding carboxylic acids is 1. The van der Waals surface area contributed by atoms with E-state index in [1.807, 2.05) is 0 Å². The maximum absolute atomic E-state index is 13.6. The highest BCUT2D eigenvalue weighted by Gasteiger charge is 2.15. The van der Waals surface area contributed by atoms with Gasteiger partial charge in [-0.2, -0.15) is 0 Å². The third-order valence-electron chi connectivity index (χ3n) is 2.42. The predicted molar refractivity (Wildman–Crippen MR) is 88.9 cm³/mol. The van der Waals surface area contributed by atoms with Gasteiger partial charge in [-0.15, -0.1) is 0 Å². The first-order chi connectivity index (χ1) is 9.38. The van der Waals surface area contributed by atoms with Gasteiger partial charge >= 0.3 is 0 Å². The van der Waals surface area contributed by atoms with Crippen molar-refractivity contribution >= 4 is 71.0 Å². The second kappa shape index (κ2) is 6.56. The Labute approximate surface area is 145 Å². The van der Waals surface area contributed by atoms with Gasteiger partial charge in [0, 0.05) is 18.4 Å². The minimum Gasteiger partial charge on any atom is -0.320 e. The van der Waals surface area contributed by atoms with E-state index >= 15 is 0 Å². The van der Waals surface area contributed by atoms with Crippen LogP contribution in [-0.4, -0.2) is 5.91 Å². The first kappa shape index (κ1) is 15.9. The molecule has 0 heterocycles. The second-order valence-corrected chi connectivity index (χ2v) is 6.88. The summed E-state index contributed by atoms with van der Waals surface area (Å²) in [5.41, 5.74) is 0.400. The maximum Gasteiger partial charge on any atom is 0.258 e. The molecular weight excluding hydrogens is 480 g/mol. The molecule has 1 N–H and O–H groups in total. The van der Waals surface area contributed by atoms with E-state index in [1.165, 1.54) is 12.1 Å². The molecule has 0 spiro atoms. The van der Waals surface area contributed by atoms with Gasteiger partial charge in [0.1, 0.15) is 5.82 Å². The summed E-state index contributed by atoms with van der Waals surface area (Å²) in [5.74, 6) is -1.20. The molecule has 2 aromatic carbocycles. The molecular formula is C13H6Br3ClFNO. The zero-order valence-electron chi connectivity index (χ0n) is 9.68. The zero-order chi connectivity index (χ0) is 14.9. The van der Waals surface area contributed by atoms with Gasteiger partial charge in [-0.1, -0.05) is 27.5 Å². The fourth-order valence-corrected chi connectivity index (χ4v) is 4.14. The monoisotopic (exact) mass is 483 g/mol. The van der Waals surface area contributed by atoms with Crippen LogP contribution < -0.4 is 5.32 Å². The molecule has 0 aromatic heterocycles. The van der Waals surface area contributed by atoms with Gasteiger partial charge in [0.25, 0.3) is 5.91 Å². The van der Waals surface area contributed by atoms with Crippen molar-refractivity contribution in [3.63, 3.8) is 0 Å². The van der Waals surface area contributed by atoms with E-state index in [0.717, 1.165) is 10.5 Å². The van der Waals surface area contributed by atoms with E-state index in [-0.39, 0.29) is 5.56 Å². The van der Waals surface area contributed by atoms with Crippen LogP contribution in [-0.2, 0) is 0 Å². The van der Waals surface area contributed by atoms with E-state index in [4.69, 9.17) is 11.6 Å². The van der Waals surface area contributed by atoms with Crippen molar-refractivity contribution in [2.24, 2.45) is 0 Å². The fraction of sp³-hybridized carbons (Fsp3) is 0. The first-order valence-corrected chi connectivity index (χ1v) is 8.05. The molecule has 0 aliphatic rings. The molecule has 7 heteroatoms. The molecule has 0 unspecified atom stereocenters. The van der Waals surface area contributed by atoms with Crippen molar-refractivity contribution in [1.82, 2.24) is 0 Å². The van der Waals surface area contributed by atoms with Crippen molar-refractivity contribution in [3.8, 4) is 0 Å². The van der Waals surface area contributed by atoms with Crippen LogP contribution in [0.1, 0.15) is 10.4 Å². The summed E-state index contributed by atoms with van der Waals surface area (Å²) < 4.78 is 15.8. The largest absolute Gasteiger partial charge is 0.320 e. The van der Waals surface area contributed by atoms with Crippen molar-refractivity contribution in [2.75, 3.05) is 5.32 Å². The Bertz CT molecular complexity index is 670. The summed E-state index contributed by atoms with van der Waals surface area (Å²) in [4.78, 5) is 12.1. The molecule has 2 aromatic rings. The Morgan fingerprint density at radius 2 is 1.70 bits per heavy atom. The van der Waals surface area contributed by atoms with Crippen LogP contribution in [0.25, 0.3) is 0 Å². The highest BCUT2D eigenvalue weighted by Crippen LogP contribution is 2.34. The Morgan fingerprint density at radius 1 is 1.10 bits per heavy atom. The molecule has 20 heavy (non-hydrogen) atoms. The second-order valence-electron chi connectivity index (χ2n) is 3.82. The topological polar surface area (TPSA) is 29.1 Å². The molecule has 1 amide bonds. The molecule has 2 rings (SSSR count). The number of halogens is 5. The third kappa shape index (κ3) is 3.61. The lowest BCUT2D eigenvalue weighted by Crippen LogP contribution is -2.14. The lowest BCUT2D eigenvalue weighted by Gasteiger charge is -2.11. The molecule has 0 bridgehead atoms. The number of anilines is 1. The summed E-state index contributed by atoms with van der Waals surface area (Å²) in [7, 11) is 0. The quantitative estimate of drug-likeness (QED) is 0.553. The minimum absolute atomic E-state index is 0.112. The molecule has 0 fully saturated rings. The molecule has 104 valence electrons. The van der Waals surface area contributed by atoms with Crippen LogP contribution in [0.2, 0.25) is 5.02 Å². The standard InChI is InChI=1S/C13H6Br3ClFNO/c14-6-3-9(15)12(10(16)4-6)19-13(20)8-5-7(17)1-2-11(8)18/h1-5H,(H,19,20). The summed E-state index contributed by atoms with van der Waals surface area (Å²) >= 11 is 15.8. The Balaban J connectivity index is 2.35. The lowest BCUT2D eigenvalue weighted by molar-refractivity contribution is 0.102. The van der Waals surface area contributed by atoms with Crippen LogP contribution >= 0.6 is 59.4 Å². The molecule has 0 aliphatic carbocycles. The van der Waals surface area contributed by atoms with E-state index in [9.17, 15) is 9.18 Å². The lowest BCUT2D eigenvalue weighted by atomic mass is 10.2. The van der Waals surface area contributed by atoms with Crippen LogP contribution in [0.4, 0.5) is 10.1 Å². The molecule has 0 radical (unpaired) electrons. The molecule has 0 atom stereocenters. The number of hydrogen-bond acceptors (Lipinski definition) is 1. The van der Waals surface area contributed by atoms with Crippen LogP contribution in [0.3, 0.4) is 0 Å². The predicted octanol–water partition coefficient (Wildman–Crippen LogP) is 6.02. The highest BCUT2D eigenvalue weighted by molar-refractivity contribution is 9.11. The van der Waals surface area contributed by atoms with Crippen LogP contribution in [0.15, 0.2) is 43.7 Å². The van der Waals surface area contributed by atoms with Gasteiger partial charge in [-0.05, 0) is 62.2 Å². The van der Waals surface area contributed by atoms with Gasteiger partial charge in [0.15, 0.2) is 0 Å². The van der Waals surface area contributed by atoms with Gasteiger partial charge in [0.05, 0.1) is 11.3 Å². The minimum atomic E-state index is -0.628. The van der Waals surface area contributed by atoms with Gasteiger partial charge in [-0.3, -0.25) is 4.79 Å². The molecule has 0 saturated heterocycles. The first-order valence-electron chi connectivity index (χ1n) is 5.29. The summed E-state index contributed by atoms with van der Waals surface area (Å²) in [5, 5.41) is 2.93. The fourth-order valence-electron chi connectivity index (χ4n) is 1.51. The third-order valence-corrected chi connectivity index (χ3v) is 4.36. The van der Waals surface area contributed by atoms with Gasteiger partial charge in [-0.25, -0.2) is 4.39 Å². The van der Waals surface area contributed by atoms with Crippen LogP contribution in [0, 0.1) is 5.82 Å². The number of carbonyl (C=O) groups is 1. The van der Waals surface area contributed by atoms with Crippen molar-refractivity contribution in [1.29, 1.82) is 0 Å².